The Morgan fingerprint density at radius 1 is 1.12 bits per heavy atom. The van der Waals surface area contributed by atoms with Crippen molar-refractivity contribution in [2.24, 2.45) is 0 Å². The van der Waals surface area contributed by atoms with E-state index in [1.165, 1.54) is 12.1 Å². The molecule has 0 atom stereocenters. The molecule has 0 bridgehead atoms. The van der Waals surface area contributed by atoms with Gasteiger partial charge >= 0.3 is 0 Å². The topological polar surface area (TPSA) is 9.23 Å². The summed E-state index contributed by atoms with van der Waals surface area (Å²) in [6.45, 7) is 0. The number of terminal acetylenes is 1. The molecule has 0 N–H and O–H groups in total. The molecule has 0 amide bonds. The molecule has 17 heavy (non-hydrogen) atoms. The lowest BCUT2D eigenvalue weighted by Crippen LogP contribution is -1.89. The molecule has 0 unspecified atom stereocenters. The monoisotopic (exact) mass is 246 g/mol. The zero-order valence-electron chi connectivity index (χ0n) is 8.78. The number of hydrogen-bond donors (Lipinski definition) is 0. The van der Waals surface area contributed by atoms with E-state index in [4.69, 9.17) is 22.8 Å². The van der Waals surface area contributed by atoms with Gasteiger partial charge in [0.05, 0.1) is 5.02 Å². The van der Waals surface area contributed by atoms with Crippen molar-refractivity contribution < 1.29 is 9.13 Å². The van der Waals surface area contributed by atoms with Gasteiger partial charge in [0.25, 0.3) is 0 Å². The van der Waals surface area contributed by atoms with Gasteiger partial charge in [-0.05, 0) is 30.3 Å². The third kappa shape index (κ3) is 2.58. The van der Waals surface area contributed by atoms with Crippen LogP contribution < -0.4 is 4.74 Å². The van der Waals surface area contributed by atoms with Gasteiger partial charge < -0.3 is 4.74 Å². The van der Waals surface area contributed by atoms with Crippen LogP contribution in [0.4, 0.5) is 4.39 Å². The molecule has 0 radical (unpaired) electrons. The molecular formula is C14H8ClFO. The van der Waals surface area contributed by atoms with Crippen LogP contribution in [-0.2, 0) is 0 Å². The molecule has 2 rings (SSSR count). The maximum atomic E-state index is 13.4. The number of para-hydroxylation sites is 1. The standard InChI is InChI=1S/C14H8ClFO/c1-2-10-7-8-13(11(15)9-10)17-14-6-4-3-5-12(14)16/h1,3-9H. The summed E-state index contributed by atoms with van der Waals surface area (Å²) in [6, 6.07) is 11.0. The van der Waals surface area contributed by atoms with Gasteiger partial charge in [0.2, 0.25) is 0 Å². The van der Waals surface area contributed by atoms with Gasteiger partial charge in [-0.25, -0.2) is 4.39 Å². The van der Waals surface area contributed by atoms with E-state index in [-0.39, 0.29) is 5.75 Å². The van der Waals surface area contributed by atoms with Crippen molar-refractivity contribution >= 4 is 11.6 Å². The van der Waals surface area contributed by atoms with Gasteiger partial charge in [-0.3, -0.25) is 0 Å². The fourth-order valence-corrected chi connectivity index (χ4v) is 1.54. The van der Waals surface area contributed by atoms with Crippen LogP contribution in [0.2, 0.25) is 5.02 Å². The van der Waals surface area contributed by atoms with Gasteiger partial charge in [0.15, 0.2) is 11.6 Å². The number of rotatable bonds is 2. The van der Waals surface area contributed by atoms with Crippen LogP contribution in [0.25, 0.3) is 0 Å². The average Bonchev–Trinajstić information content (AvgIpc) is 2.34. The van der Waals surface area contributed by atoms with E-state index >= 15 is 0 Å². The summed E-state index contributed by atoms with van der Waals surface area (Å²) in [7, 11) is 0. The van der Waals surface area contributed by atoms with Gasteiger partial charge in [-0.1, -0.05) is 29.7 Å². The van der Waals surface area contributed by atoms with Crippen LogP contribution in [0, 0.1) is 18.2 Å². The molecule has 2 aromatic rings. The Bertz CT molecular complexity index is 587. The van der Waals surface area contributed by atoms with Crippen LogP contribution in [0.3, 0.4) is 0 Å². The van der Waals surface area contributed by atoms with Crippen molar-refractivity contribution in [2.75, 3.05) is 0 Å². The second-order valence-corrected chi connectivity index (χ2v) is 3.73. The van der Waals surface area contributed by atoms with Crippen LogP contribution >= 0.6 is 11.6 Å². The molecule has 84 valence electrons. The first-order chi connectivity index (χ1) is 8.20. The first-order valence-electron chi connectivity index (χ1n) is 4.89. The molecule has 0 fully saturated rings. The first-order valence-corrected chi connectivity index (χ1v) is 5.27. The minimum absolute atomic E-state index is 0.128. The van der Waals surface area contributed by atoms with Gasteiger partial charge in [0.1, 0.15) is 5.75 Å². The van der Waals surface area contributed by atoms with E-state index in [2.05, 4.69) is 5.92 Å². The molecule has 0 spiro atoms. The minimum Gasteiger partial charge on any atom is -0.453 e. The highest BCUT2D eigenvalue weighted by Crippen LogP contribution is 2.31. The Balaban J connectivity index is 2.32. The molecule has 0 aliphatic carbocycles. The average molecular weight is 247 g/mol. The molecule has 2 aromatic carbocycles. The molecule has 1 nitrogen and oxygen atoms in total. The zero-order chi connectivity index (χ0) is 12.3. The predicted octanol–water partition coefficient (Wildman–Crippen LogP) is 4.25. The molecule has 0 saturated carbocycles. The van der Waals surface area contributed by atoms with Crippen molar-refractivity contribution in [3.8, 4) is 23.8 Å². The fraction of sp³-hybridized carbons (Fsp3) is 0. The van der Waals surface area contributed by atoms with E-state index in [1.807, 2.05) is 0 Å². The van der Waals surface area contributed by atoms with Gasteiger partial charge in [-0.15, -0.1) is 6.42 Å². The lowest BCUT2D eigenvalue weighted by Gasteiger charge is -2.08. The third-order valence-corrected chi connectivity index (χ3v) is 2.45. The van der Waals surface area contributed by atoms with E-state index in [0.717, 1.165) is 0 Å². The van der Waals surface area contributed by atoms with E-state index in [0.29, 0.717) is 16.3 Å². The summed E-state index contributed by atoms with van der Waals surface area (Å²) in [5, 5.41) is 0.351. The predicted molar refractivity (Wildman–Crippen MR) is 65.9 cm³/mol. The van der Waals surface area contributed by atoms with Crippen LogP contribution in [0.1, 0.15) is 5.56 Å². The second kappa shape index (κ2) is 4.90. The summed E-state index contributed by atoms with van der Waals surface area (Å²) >= 11 is 5.97. The van der Waals surface area contributed by atoms with Crippen LogP contribution in [0.15, 0.2) is 42.5 Å². The number of ether oxygens (including phenoxy) is 1. The smallest absolute Gasteiger partial charge is 0.165 e. The highest BCUT2D eigenvalue weighted by atomic mass is 35.5. The fourth-order valence-electron chi connectivity index (χ4n) is 1.32. The largest absolute Gasteiger partial charge is 0.453 e. The summed E-state index contributed by atoms with van der Waals surface area (Å²) in [4.78, 5) is 0. The molecule has 3 heteroatoms. The van der Waals surface area contributed by atoms with Crippen molar-refractivity contribution in [3.63, 3.8) is 0 Å². The summed E-state index contributed by atoms with van der Waals surface area (Å²) in [5.41, 5.74) is 0.649. The zero-order valence-corrected chi connectivity index (χ0v) is 9.54. The minimum atomic E-state index is -0.440. The summed E-state index contributed by atoms with van der Waals surface area (Å²) < 4.78 is 18.7. The molecule has 0 heterocycles. The van der Waals surface area contributed by atoms with Crippen LogP contribution in [0.5, 0.6) is 11.5 Å². The second-order valence-electron chi connectivity index (χ2n) is 3.32. The maximum absolute atomic E-state index is 13.4. The highest BCUT2D eigenvalue weighted by molar-refractivity contribution is 6.32. The summed E-state index contributed by atoms with van der Waals surface area (Å²) in [5.74, 6) is 2.51. The highest BCUT2D eigenvalue weighted by Gasteiger charge is 2.07. The molecule has 0 aliphatic rings. The summed E-state index contributed by atoms with van der Waals surface area (Å²) in [6.07, 6.45) is 5.24. The Kier molecular flexibility index (Phi) is 3.32. The normalized spacial score (nSPS) is 9.71. The Labute approximate surface area is 104 Å². The van der Waals surface area contributed by atoms with E-state index in [9.17, 15) is 4.39 Å². The lowest BCUT2D eigenvalue weighted by molar-refractivity contribution is 0.442. The van der Waals surface area contributed by atoms with Gasteiger partial charge in [-0.2, -0.15) is 0 Å². The van der Waals surface area contributed by atoms with Crippen molar-refractivity contribution in [1.82, 2.24) is 0 Å². The van der Waals surface area contributed by atoms with Crippen LogP contribution in [-0.4, -0.2) is 0 Å². The van der Waals surface area contributed by atoms with Crippen molar-refractivity contribution in [1.29, 1.82) is 0 Å². The number of benzene rings is 2. The number of halogens is 2. The first kappa shape index (κ1) is 11.5. The molecule has 0 aromatic heterocycles. The Morgan fingerprint density at radius 2 is 1.88 bits per heavy atom. The third-order valence-electron chi connectivity index (χ3n) is 2.16. The Morgan fingerprint density at radius 3 is 2.53 bits per heavy atom. The quantitative estimate of drug-likeness (QED) is 0.720. The van der Waals surface area contributed by atoms with E-state index < -0.39 is 5.82 Å². The van der Waals surface area contributed by atoms with Crippen molar-refractivity contribution in [2.45, 2.75) is 0 Å². The lowest BCUT2D eigenvalue weighted by atomic mass is 10.2. The van der Waals surface area contributed by atoms with Gasteiger partial charge in [0, 0.05) is 5.56 Å². The maximum Gasteiger partial charge on any atom is 0.165 e. The Hall–Kier alpha value is -1.98. The number of hydrogen-bond acceptors (Lipinski definition) is 1. The molecular weight excluding hydrogens is 239 g/mol. The van der Waals surface area contributed by atoms with E-state index in [1.54, 1.807) is 30.3 Å². The van der Waals surface area contributed by atoms with Crippen molar-refractivity contribution in [3.05, 3.63) is 58.9 Å². The molecule has 0 aliphatic heterocycles. The SMILES string of the molecule is C#Cc1ccc(Oc2ccccc2F)c(Cl)c1. The molecule has 0 saturated heterocycles.